The Morgan fingerprint density at radius 3 is 2.83 bits per heavy atom. The zero-order valence-corrected chi connectivity index (χ0v) is 14.5. The van der Waals surface area contributed by atoms with Crippen LogP contribution in [-0.4, -0.2) is 33.9 Å². The Bertz CT molecular complexity index is 617. The Morgan fingerprint density at radius 2 is 2.22 bits per heavy atom. The molecule has 0 aliphatic rings. The molecule has 1 atom stereocenters. The van der Waals surface area contributed by atoms with E-state index in [1.807, 2.05) is 16.8 Å². The number of carbonyl (C=O) groups is 1. The van der Waals surface area contributed by atoms with Gasteiger partial charge in [-0.05, 0) is 23.3 Å². The van der Waals surface area contributed by atoms with E-state index in [1.54, 1.807) is 11.3 Å². The van der Waals surface area contributed by atoms with Crippen LogP contribution < -0.4 is 5.32 Å². The fourth-order valence-electron chi connectivity index (χ4n) is 2.28. The maximum Gasteiger partial charge on any atom is 0.248 e. The van der Waals surface area contributed by atoms with Crippen LogP contribution in [0.5, 0.6) is 0 Å². The molecule has 0 saturated carbocycles. The minimum Gasteiger partial charge on any atom is -0.421 e. The molecule has 6 nitrogen and oxygen atoms in total. The number of hydrogen-bond acceptors (Lipinski definition) is 6. The normalized spacial score (nSPS) is 13.0. The lowest BCUT2D eigenvalue weighted by molar-refractivity contribution is -0.122. The Hall–Kier alpha value is -1.73. The highest BCUT2D eigenvalue weighted by Gasteiger charge is 2.20. The van der Waals surface area contributed by atoms with E-state index in [4.69, 9.17) is 4.42 Å². The molecule has 0 saturated heterocycles. The average Bonchev–Trinajstić information content (AvgIpc) is 3.13. The van der Waals surface area contributed by atoms with Gasteiger partial charge >= 0.3 is 0 Å². The third-order valence-electron chi connectivity index (χ3n) is 3.25. The number of thiophene rings is 1. The maximum absolute atomic E-state index is 12.0. The minimum absolute atomic E-state index is 0.0442. The fourth-order valence-corrected chi connectivity index (χ4v) is 2.91. The van der Waals surface area contributed by atoms with Gasteiger partial charge in [0.1, 0.15) is 0 Å². The topological polar surface area (TPSA) is 88.2 Å². The molecule has 0 aliphatic carbocycles. The molecule has 2 aromatic heterocycles. The molecule has 0 aliphatic heterocycles. The molecule has 2 heterocycles. The molecule has 0 bridgehead atoms. The first-order valence-corrected chi connectivity index (χ1v) is 8.57. The highest BCUT2D eigenvalue weighted by Crippen LogP contribution is 2.21. The van der Waals surface area contributed by atoms with Crippen molar-refractivity contribution in [3.63, 3.8) is 0 Å². The van der Waals surface area contributed by atoms with Crippen LogP contribution in [0.3, 0.4) is 0 Å². The second kappa shape index (κ2) is 7.70. The van der Waals surface area contributed by atoms with Gasteiger partial charge in [0.2, 0.25) is 17.7 Å². The first kappa shape index (κ1) is 17.6. The van der Waals surface area contributed by atoms with Gasteiger partial charge in [-0.15, -0.1) is 10.2 Å². The first-order valence-electron chi connectivity index (χ1n) is 7.62. The summed E-state index contributed by atoms with van der Waals surface area (Å²) in [6.07, 6.45) is 1.36. The predicted molar refractivity (Wildman–Crippen MR) is 89.0 cm³/mol. The van der Waals surface area contributed by atoms with Crippen molar-refractivity contribution in [1.29, 1.82) is 0 Å². The van der Waals surface area contributed by atoms with E-state index in [0.29, 0.717) is 18.2 Å². The van der Waals surface area contributed by atoms with Crippen molar-refractivity contribution in [3.05, 3.63) is 22.7 Å². The van der Waals surface area contributed by atoms with Crippen molar-refractivity contribution in [2.75, 3.05) is 6.61 Å². The Balaban J connectivity index is 1.82. The molecule has 2 N–H and O–H groups in total. The number of nitrogens with zero attached hydrogens (tertiary/aromatic N) is 2. The SMILES string of the molecule is CC(C)(C)CC(CO)NC(=O)CCc1nnc(-c2ccsc2)o1. The third-order valence-corrected chi connectivity index (χ3v) is 3.93. The summed E-state index contributed by atoms with van der Waals surface area (Å²) in [6.45, 7) is 6.16. The lowest BCUT2D eigenvalue weighted by Gasteiger charge is -2.25. The van der Waals surface area contributed by atoms with Crippen molar-refractivity contribution in [1.82, 2.24) is 15.5 Å². The summed E-state index contributed by atoms with van der Waals surface area (Å²) >= 11 is 1.56. The fraction of sp³-hybridized carbons (Fsp3) is 0.562. The molecule has 1 unspecified atom stereocenters. The van der Waals surface area contributed by atoms with Crippen LogP contribution in [0.25, 0.3) is 11.5 Å². The summed E-state index contributed by atoms with van der Waals surface area (Å²) in [7, 11) is 0. The van der Waals surface area contributed by atoms with Gasteiger partial charge in [-0.3, -0.25) is 4.79 Å². The molecule has 0 radical (unpaired) electrons. The van der Waals surface area contributed by atoms with E-state index in [-0.39, 0.29) is 30.4 Å². The van der Waals surface area contributed by atoms with Gasteiger partial charge in [0.25, 0.3) is 0 Å². The van der Waals surface area contributed by atoms with Crippen LogP contribution in [0.4, 0.5) is 0 Å². The lowest BCUT2D eigenvalue weighted by atomic mass is 9.88. The van der Waals surface area contributed by atoms with Crippen molar-refractivity contribution in [2.24, 2.45) is 5.41 Å². The van der Waals surface area contributed by atoms with E-state index in [0.717, 1.165) is 12.0 Å². The standard InChI is InChI=1S/C16H23N3O3S/c1-16(2,3)8-12(9-20)17-13(21)4-5-14-18-19-15(22-14)11-6-7-23-10-11/h6-7,10,12,20H,4-5,8-9H2,1-3H3,(H,17,21). The number of aliphatic hydroxyl groups excluding tert-OH is 1. The van der Waals surface area contributed by atoms with Gasteiger partial charge in [0, 0.05) is 23.8 Å². The Morgan fingerprint density at radius 1 is 1.43 bits per heavy atom. The van der Waals surface area contributed by atoms with E-state index in [1.165, 1.54) is 0 Å². The summed E-state index contributed by atoms with van der Waals surface area (Å²) in [6, 6.07) is 1.68. The molecule has 0 fully saturated rings. The summed E-state index contributed by atoms with van der Waals surface area (Å²) in [5.41, 5.74) is 0.937. The summed E-state index contributed by atoms with van der Waals surface area (Å²) < 4.78 is 5.55. The number of amides is 1. The van der Waals surface area contributed by atoms with Gasteiger partial charge in [-0.1, -0.05) is 20.8 Å². The number of aliphatic hydroxyl groups is 1. The molecule has 1 amide bonds. The summed E-state index contributed by atoms with van der Waals surface area (Å²) in [4.78, 5) is 12.0. The Labute approximate surface area is 139 Å². The van der Waals surface area contributed by atoms with E-state index in [9.17, 15) is 9.90 Å². The molecule has 2 rings (SSSR count). The predicted octanol–water partition coefficient (Wildman–Crippen LogP) is 2.64. The number of hydrogen-bond donors (Lipinski definition) is 2. The second-order valence-corrected chi connectivity index (χ2v) is 7.50. The van der Waals surface area contributed by atoms with Gasteiger partial charge in [0.15, 0.2) is 0 Å². The van der Waals surface area contributed by atoms with E-state index >= 15 is 0 Å². The number of nitrogens with one attached hydrogen (secondary N) is 1. The molecule has 126 valence electrons. The van der Waals surface area contributed by atoms with Crippen molar-refractivity contribution < 1.29 is 14.3 Å². The van der Waals surface area contributed by atoms with E-state index < -0.39 is 0 Å². The molecule has 2 aromatic rings. The molecular weight excluding hydrogens is 314 g/mol. The van der Waals surface area contributed by atoms with Crippen molar-refractivity contribution in [2.45, 2.75) is 46.1 Å². The minimum atomic E-state index is -0.230. The number of aromatic nitrogens is 2. The van der Waals surface area contributed by atoms with Crippen LogP contribution in [0.2, 0.25) is 0 Å². The molecule has 0 spiro atoms. The molecule has 0 aromatic carbocycles. The van der Waals surface area contributed by atoms with Gasteiger partial charge in [-0.2, -0.15) is 11.3 Å². The highest BCUT2D eigenvalue weighted by molar-refractivity contribution is 7.08. The number of carbonyl (C=O) groups excluding carboxylic acids is 1. The third kappa shape index (κ3) is 5.76. The lowest BCUT2D eigenvalue weighted by Crippen LogP contribution is -2.40. The van der Waals surface area contributed by atoms with Crippen LogP contribution in [0.15, 0.2) is 21.2 Å². The largest absolute Gasteiger partial charge is 0.421 e. The first-order chi connectivity index (χ1) is 10.9. The smallest absolute Gasteiger partial charge is 0.248 e. The van der Waals surface area contributed by atoms with Crippen molar-refractivity contribution in [3.8, 4) is 11.5 Å². The maximum atomic E-state index is 12.0. The molecular formula is C16H23N3O3S. The summed E-state index contributed by atoms with van der Waals surface area (Å²) in [5, 5.41) is 24.0. The monoisotopic (exact) mass is 337 g/mol. The summed E-state index contributed by atoms with van der Waals surface area (Å²) in [5.74, 6) is 0.795. The van der Waals surface area contributed by atoms with Crippen molar-refractivity contribution >= 4 is 17.2 Å². The second-order valence-electron chi connectivity index (χ2n) is 6.72. The Kier molecular flexibility index (Phi) is 5.90. The quantitative estimate of drug-likeness (QED) is 0.811. The van der Waals surface area contributed by atoms with Crippen LogP contribution in [0.1, 0.15) is 39.5 Å². The average molecular weight is 337 g/mol. The zero-order valence-electron chi connectivity index (χ0n) is 13.7. The number of rotatable bonds is 7. The van der Waals surface area contributed by atoms with Crippen LogP contribution in [-0.2, 0) is 11.2 Å². The van der Waals surface area contributed by atoms with E-state index in [2.05, 4.69) is 36.3 Å². The molecule has 23 heavy (non-hydrogen) atoms. The van der Waals surface area contributed by atoms with Gasteiger partial charge < -0.3 is 14.8 Å². The highest BCUT2D eigenvalue weighted by atomic mass is 32.1. The van der Waals surface area contributed by atoms with Crippen LogP contribution in [0, 0.1) is 5.41 Å². The van der Waals surface area contributed by atoms with Crippen LogP contribution >= 0.6 is 11.3 Å². The van der Waals surface area contributed by atoms with Gasteiger partial charge in [-0.25, -0.2) is 0 Å². The number of aryl methyl sites for hydroxylation is 1. The van der Waals surface area contributed by atoms with Gasteiger partial charge in [0.05, 0.1) is 12.6 Å². The zero-order chi connectivity index (χ0) is 16.9. The molecule has 7 heteroatoms.